The van der Waals surface area contributed by atoms with E-state index < -0.39 is 0 Å². The first-order chi connectivity index (χ1) is 11.9. The standard InChI is InChI=1S/C19H25BrN4O/c1-12(23(4)16-9-10-16)11-21-19(25)15-5-7-17(8-6-15)24-14(3)18(20)13(2)22-24/h5-8,12,16H,9-11H2,1-4H3,(H,21,25). The molecular weight excluding hydrogens is 380 g/mol. The Bertz CT molecular complexity index is 764. The smallest absolute Gasteiger partial charge is 0.251 e. The summed E-state index contributed by atoms with van der Waals surface area (Å²) in [7, 11) is 2.13. The van der Waals surface area contributed by atoms with Crippen molar-refractivity contribution in [2.24, 2.45) is 0 Å². The van der Waals surface area contributed by atoms with Crippen molar-refractivity contribution < 1.29 is 4.79 Å². The van der Waals surface area contributed by atoms with Crippen molar-refractivity contribution in [2.75, 3.05) is 13.6 Å². The van der Waals surface area contributed by atoms with E-state index in [1.807, 2.05) is 42.8 Å². The minimum absolute atomic E-state index is 0.0304. The molecule has 1 aliphatic rings. The van der Waals surface area contributed by atoms with E-state index in [1.54, 1.807) is 0 Å². The number of carbonyl (C=O) groups excluding carboxylic acids is 1. The third kappa shape index (κ3) is 3.96. The summed E-state index contributed by atoms with van der Waals surface area (Å²) in [6, 6.07) is 8.62. The van der Waals surface area contributed by atoms with Gasteiger partial charge in [-0.15, -0.1) is 0 Å². The van der Waals surface area contributed by atoms with Gasteiger partial charge in [-0.05, 0) is 80.9 Å². The topological polar surface area (TPSA) is 50.2 Å². The van der Waals surface area contributed by atoms with Crippen LogP contribution in [0.25, 0.3) is 5.69 Å². The molecule has 0 radical (unpaired) electrons. The maximum Gasteiger partial charge on any atom is 0.251 e. The van der Waals surface area contributed by atoms with Crippen LogP contribution in [-0.4, -0.2) is 46.3 Å². The number of aromatic nitrogens is 2. The van der Waals surface area contributed by atoms with Crippen molar-refractivity contribution in [3.05, 3.63) is 45.7 Å². The molecule has 1 unspecified atom stereocenters. The van der Waals surface area contributed by atoms with Crippen LogP contribution in [0.5, 0.6) is 0 Å². The van der Waals surface area contributed by atoms with Crippen LogP contribution in [0.15, 0.2) is 28.7 Å². The first-order valence-electron chi connectivity index (χ1n) is 8.70. The molecule has 1 aromatic carbocycles. The number of rotatable bonds is 6. The number of halogens is 1. The molecule has 6 heteroatoms. The van der Waals surface area contributed by atoms with Crippen LogP contribution in [0.3, 0.4) is 0 Å². The van der Waals surface area contributed by atoms with Crippen LogP contribution in [0, 0.1) is 13.8 Å². The fourth-order valence-electron chi connectivity index (χ4n) is 2.96. The number of hydrogen-bond donors (Lipinski definition) is 1. The molecular formula is C19H25BrN4O. The SMILES string of the molecule is Cc1nn(-c2ccc(C(=O)NCC(C)N(C)C3CC3)cc2)c(C)c1Br. The minimum Gasteiger partial charge on any atom is -0.350 e. The second-order valence-corrected chi connectivity index (χ2v) is 7.69. The molecule has 0 bridgehead atoms. The van der Waals surface area contributed by atoms with E-state index >= 15 is 0 Å². The number of benzene rings is 1. The summed E-state index contributed by atoms with van der Waals surface area (Å²) >= 11 is 3.54. The second-order valence-electron chi connectivity index (χ2n) is 6.90. The molecule has 1 aromatic heterocycles. The summed E-state index contributed by atoms with van der Waals surface area (Å²) in [6.45, 7) is 6.80. The van der Waals surface area contributed by atoms with Crippen molar-refractivity contribution in [1.29, 1.82) is 0 Å². The molecule has 1 heterocycles. The highest BCUT2D eigenvalue weighted by Gasteiger charge is 2.29. The molecule has 25 heavy (non-hydrogen) atoms. The Labute approximate surface area is 157 Å². The highest BCUT2D eigenvalue weighted by atomic mass is 79.9. The molecule has 1 N–H and O–H groups in total. The number of amides is 1. The molecule has 0 saturated heterocycles. The molecule has 1 saturated carbocycles. The molecule has 134 valence electrons. The predicted molar refractivity (Wildman–Crippen MR) is 103 cm³/mol. The zero-order valence-corrected chi connectivity index (χ0v) is 16.8. The predicted octanol–water partition coefficient (Wildman–Crippen LogP) is 3.46. The Balaban J connectivity index is 1.63. The Morgan fingerprint density at radius 1 is 1.36 bits per heavy atom. The zero-order chi connectivity index (χ0) is 18.1. The highest BCUT2D eigenvalue weighted by Crippen LogP contribution is 2.26. The summed E-state index contributed by atoms with van der Waals surface area (Å²) in [4.78, 5) is 14.7. The van der Waals surface area contributed by atoms with Gasteiger partial charge in [0.2, 0.25) is 0 Å². The van der Waals surface area contributed by atoms with Crippen molar-refractivity contribution in [3.8, 4) is 5.69 Å². The van der Waals surface area contributed by atoms with E-state index in [2.05, 4.69) is 45.2 Å². The average molecular weight is 405 g/mol. The van der Waals surface area contributed by atoms with Gasteiger partial charge in [-0.3, -0.25) is 9.69 Å². The van der Waals surface area contributed by atoms with Gasteiger partial charge in [0.1, 0.15) is 0 Å². The van der Waals surface area contributed by atoms with E-state index in [9.17, 15) is 4.79 Å². The molecule has 5 nitrogen and oxygen atoms in total. The normalized spacial score (nSPS) is 15.4. The van der Waals surface area contributed by atoms with Gasteiger partial charge in [-0.25, -0.2) is 4.68 Å². The fourth-order valence-corrected chi connectivity index (χ4v) is 3.20. The summed E-state index contributed by atoms with van der Waals surface area (Å²) < 4.78 is 2.90. The number of aryl methyl sites for hydroxylation is 1. The second kappa shape index (κ2) is 7.30. The minimum atomic E-state index is -0.0304. The van der Waals surface area contributed by atoms with Crippen molar-refractivity contribution in [3.63, 3.8) is 0 Å². The van der Waals surface area contributed by atoms with Crippen LogP contribution < -0.4 is 5.32 Å². The Hall–Kier alpha value is -1.66. The lowest BCUT2D eigenvalue weighted by atomic mass is 10.2. The molecule has 1 atom stereocenters. The van der Waals surface area contributed by atoms with Crippen molar-refractivity contribution in [1.82, 2.24) is 20.0 Å². The van der Waals surface area contributed by atoms with Gasteiger partial charge in [-0.1, -0.05) is 0 Å². The van der Waals surface area contributed by atoms with Gasteiger partial charge in [-0.2, -0.15) is 5.10 Å². The molecule has 1 aliphatic carbocycles. The fraction of sp³-hybridized carbons (Fsp3) is 0.474. The third-order valence-corrected chi connectivity index (χ3v) is 6.10. The highest BCUT2D eigenvalue weighted by molar-refractivity contribution is 9.10. The maximum absolute atomic E-state index is 12.4. The van der Waals surface area contributed by atoms with Crippen LogP contribution >= 0.6 is 15.9 Å². The van der Waals surface area contributed by atoms with Crippen molar-refractivity contribution in [2.45, 2.75) is 45.7 Å². The van der Waals surface area contributed by atoms with Gasteiger partial charge < -0.3 is 5.32 Å². The van der Waals surface area contributed by atoms with E-state index in [0.717, 1.165) is 21.5 Å². The maximum atomic E-state index is 12.4. The third-order valence-electron chi connectivity index (χ3n) is 4.95. The van der Waals surface area contributed by atoms with Crippen LogP contribution in [-0.2, 0) is 0 Å². The molecule has 1 amide bonds. The Morgan fingerprint density at radius 3 is 2.52 bits per heavy atom. The number of hydrogen-bond acceptors (Lipinski definition) is 3. The van der Waals surface area contributed by atoms with Crippen molar-refractivity contribution >= 4 is 21.8 Å². The first-order valence-corrected chi connectivity index (χ1v) is 9.50. The summed E-state index contributed by atoms with van der Waals surface area (Å²) in [6.07, 6.45) is 2.55. The average Bonchev–Trinajstić information content (AvgIpc) is 3.43. The molecule has 1 fully saturated rings. The van der Waals surface area contributed by atoms with E-state index in [0.29, 0.717) is 24.2 Å². The Morgan fingerprint density at radius 2 is 2.00 bits per heavy atom. The van der Waals surface area contributed by atoms with Crippen LogP contribution in [0.2, 0.25) is 0 Å². The molecule has 0 spiro atoms. The van der Waals surface area contributed by atoms with E-state index in [4.69, 9.17) is 0 Å². The number of carbonyl (C=O) groups is 1. The summed E-state index contributed by atoms with van der Waals surface area (Å²) in [5.41, 5.74) is 3.62. The van der Waals surface area contributed by atoms with E-state index in [1.165, 1.54) is 12.8 Å². The zero-order valence-electron chi connectivity index (χ0n) is 15.2. The number of nitrogens with one attached hydrogen (secondary N) is 1. The number of nitrogens with zero attached hydrogens (tertiary/aromatic N) is 3. The monoisotopic (exact) mass is 404 g/mol. The van der Waals surface area contributed by atoms with Gasteiger partial charge in [0.05, 0.1) is 21.5 Å². The molecule has 3 rings (SSSR count). The summed E-state index contributed by atoms with van der Waals surface area (Å²) in [5, 5.41) is 7.56. The largest absolute Gasteiger partial charge is 0.350 e. The lowest BCUT2D eigenvalue weighted by Gasteiger charge is -2.24. The van der Waals surface area contributed by atoms with Crippen LogP contribution in [0.1, 0.15) is 41.5 Å². The summed E-state index contributed by atoms with van der Waals surface area (Å²) in [5.74, 6) is -0.0304. The number of likely N-dealkylation sites (N-methyl/N-ethyl adjacent to an activating group) is 1. The van der Waals surface area contributed by atoms with E-state index in [-0.39, 0.29) is 5.91 Å². The van der Waals surface area contributed by atoms with Gasteiger partial charge >= 0.3 is 0 Å². The van der Waals surface area contributed by atoms with Crippen LogP contribution in [0.4, 0.5) is 0 Å². The van der Waals surface area contributed by atoms with Gasteiger partial charge in [0.15, 0.2) is 0 Å². The lowest BCUT2D eigenvalue weighted by Crippen LogP contribution is -2.41. The lowest BCUT2D eigenvalue weighted by molar-refractivity contribution is 0.0939. The van der Waals surface area contributed by atoms with Gasteiger partial charge in [0.25, 0.3) is 5.91 Å². The molecule has 0 aliphatic heterocycles. The van der Waals surface area contributed by atoms with Gasteiger partial charge in [0, 0.05) is 24.2 Å². The quantitative estimate of drug-likeness (QED) is 0.801. The first kappa shape index (κ1) is 18.1. The Kier molecular flexibility index (Phi) is 5.29. The molecule has 2 aromatic rings.